The number of benzene rings is 1. The number of aryl methyl sites for hydroxylation is 1. The van der Waals surface area contributed by atoms with E-state index in [1.807, 2.05) is 6.07 Å². The van der Waals surface area contributed by atoms with Gasteiger partial charge in [0, 0.05) is 19.7 Å². The molecule has 24 heavy (non-hydrogen) atoms. The Morgan fingerprint density at radius 3 is 2.38 bits per heavy atom. The van der Waals surface area contributed by atoms with E-state index in [1.165, 1.54) is 23.2 Å². The lowest BCUT2D eigenvalue weighted by molar-refractivity contribution is 0.0972. The van der Waals surface area contributed by atoms with Crippen LogP contribution in [0.2, 0.25) is 0 Å². The molecule has 0 unspecified atom stereocenters. The smallest absolute Gasteiger partial charge is 0.332 e. The second-order valence-corrected chi connectivity index (χ2v) is 5.84. The number of nitrogens with zero attached hydrogens (tertiary/aromatic N) is 4. The number of carbonyl (C=O) groups is 1. The maximum absolute atomic E-state index is 12.4. The van der Waals surface area contributed by atoms with Crippen molar-refractivity contribution in [3.63, 3.8) is 0 Å². The molecular formula is C15H15BrN4O4. The monoisotopic (exact) mass is 394 g/mol. The van der Waals surface area contributed by atoms with Crippen LogP contribution in [-0.4, -0.2) is 29.9 Å². The molecule has 9 heteroatoms. The fraction of sp³-hybridized carbons (Fsp3) is 0.200. The molecule has 3 rings (SSSR count). The number of hydrogen-bond acceptors (Lipinski definition) is 4. The van der Waals surface area contributed by atoms with Crippen molar-refractivity contribution in [2.45, 2.75) is 6.54 Å². The zero-order valence-electron chi connectivity index (χ0n) is 13.0. The highest BCUT2D eigenvalue weighted by Gasteiger charge is 2.19. The SMILES string of the molecule is Cn1c(=O)c2c(nc(Br)n2CC(=O)c2ccccc2)n(C)c1=O.O. The summed E-state index contributed by atoms with van der Waals surface area (Å²) in [6.07, 6.45) is 0. The summed E-state index contributed by atoms with van der Waals surface area (Å²) >= 11 is 3.26. The third-order valence-corrected chi connectivity index (χ3v) is 4.30. The lowest BCUT2D eigenvalue weighted by Gasteiger charge is -2.07. The minimum Gasteiger partial charge on any atom is -0.412 e. The summed E-state index contributed by atoms with van der Waals surface area (Å²) in [4.78, 5) is 41.0. The molecule has 2 heterocycles. The normalized spacial score (nSPS) is 10.6. The first-order valence-electron chi connectivity index (χ1n) is 6.82. The number of Topliss-reactive ketones (excluding diaryl/α,β-unsaturated/α-hetero) is 1. The fourth-order valence-electron chi connectivity index (χ4n) is 2.42. The summed E-state index contributed by atoms with van der Waals surface area (Å²) in [5.74, 6) is -0.151. The minimum atomic E-state index is -0.484. The molecule has 0 spiro atoms. The summed E-state index contributed by atoms with van der Waals surface area (Å²) in [7, 11) is 2.93. The molecular weight excluding hydrogens is 380 g/mol. The molecule has 3 aromatic rings. The van der Waals surface area contributed by atoms with Crippen LogP contribution in [-0.2, 0) is 20.6 Å². The van der Waals surface area contributed by atoms with Crippen LogP contribution in [0.25, 0.3) is 11.2 Å². The first-order chi connectivity index (χ1) is 10.9. The Morgan fingerprint density at radius 2 is 1.75 bits per heavy atom. The van der Waals surface area contributed by atoms with Crippen LogP contribution >= 0.6 is 15.9 Å². The van der Waals surface area contributed by atoms with Crippen molar-refractivity contribution < 1.29 is 10.3 Å². The van der Waals surface area contributed by atoms with Gasteiger partial charge in [0.25, 0.3) is 5.56 Å². The van der Waals surface area contributed by atoms with E-state index in [4.69, 9.17) is 0 Å². The molecule has 0 radical (unpaired) electrons. The molecule has 2 aromatic heterocycles. The van der Waals surface area contributed by atoms with Gasteiger partial charge in [0.15, 0.2) is 21.7 Å². The largest absolute Gasteiger partial charge is 0.412 e. The standard InChI is InChI=1S/C15H13BrN4O3.H2O/c1-18-12-11(13(22)19(2)15(18)23)20(14(16)17-12)8-10(21)9-6-4-3-5-7-9;/h3-7H,8H2,1-2H3;1H2. The van der Waals surface area contributed by atoms with Gasteiger partial charge in [-0.1, -0.05) is 30.3 Å². The van der Waals surface area contributed by atoms with Gasteiger partial charge in [-0.3, -0.25) is 18.7 Å². The zero-order valence-corrected chi connectivity index (χ0v) is 14.6. The molecule has 0 amide bonds. The Morgan fingerprint density at radius 1 is 1.12 bits per heavy atom. The predicted molar refractivity (Wildman–Crippen MR) is 92.3 cm³/mol. The molecule has 0 saturated heterocycles. The number of aromatic nitrogens is 4. The number of fused-ring (bicyclic) bond motifs is 1. The highest BCUT2D eigenvalue weighted by atomic mass is 79.9. The second kappa shape index (κ2) is 6.54. The molecule has 126 valence electrons. The number of hydrogen-bond donors (Lipinski definition) is 0. The Labute approximate surface area is 144 Å². The Hall–Kier alpha value is -2.52. The van der Waals surface area contributed by atoms with Crippen LogP contribution in [0.4, 0.5) is 0 Å². The van der Waals surface area contributed by atoms with Gasteiger partial charge in [0.2, 0.25) is 0 Å². The molecule has 0 saturated carbocycles. The summed E-state index contributed by atoms with van der Waals surface area (Å²) in [5, 5.41) is 0. The van der Waals surface area contributed by atoms with Crippen molar-refractivity contribution >= 4 is 32.9 Å². The van der Waals surface area contributed by atoms with Crippen LogP contribution in [0.15, 0.2) is 44.7 Å². The maximum Gasteiger partial charge on any atom is 0.332 e. The maximum atomic E-state index is 12.4. The fourth-order valence-corrected chi connectivity index (χ4v) is 2.89. The van der Waals surface area contributed by atoms with Crippen LogP contribution in [0, 0.1) is 0 Å². The van der Waals surface area contributed by atoms with E-state index in [2.05, 4.69) is 20.9 Å². The average molecular weight is 395 g/mol. The van der Waals surface area contributed by atoms with Crippen molar-refractivity contribution in [2.75, 3.05) is 0 Å². The molecule has 0 aliphatic rings. The first kappa shape index (κ1) is 17.8. The van der Waals surface area contributed by atoms with E-state index in [1.54, 1.807) is 24.3 Å². The number of carbonyl (C=O) groups excluding carboxylic acids is 1. The third kappa shape index (κ3) is 2.72. The number of rotatable bonds is 3. The Bertz CT molecular complexity index is 1030. The molecule has 0 fully saturated rings. The summed E-state index contributed by atoms with van der Waals surface area (Å²) in [6.45, 7) is -0.0471. The summed E-state index contributed by atoms with van der Waals surface area (Å²) in [6, 6.07) is 8.80. The van der Waals surface area contributed by atoms with Gasteiger partial charge < -0.3 is 10.0 Å². The molecule has 2 N–H and O–H groups in total. The van der Waals surface area contributed by atoms with Gasteiger partial charge in [0.05, 0.1) is 6.54 Å². The van der Waals surface area contributed by atoms with Crippen molar-refractivity contribution in [2.24, 2.45) is 14.1 Å². The molecule has 1 aromatic carbocycles. The van der Waals surface area contributed by atoms with E-state index in [0.717, 1.165) is 4.57 Å². The van der Waals surface area contributed by atoms with E-state index in [-0.39, 0.29) is 29.0 Å². The quantitative estimate of drug-likeness (QED) is 0.468. The van der Waals surface area contributed by atoms with Gasteiger partial charge in [-0.15, -0.1) is 0 Å². The van der Waals surface area contributed by atoms with Crippen LogP contribution in [0.3, 0.4) is 0 Å². The van der Waals surface area contributed by atoms with E-state index >= 15 is 0 Å². The van der Waals surface area contributed by atoms with Crippen LogP contribution in [0.5, 0.6) is 0 Å². The van der Waals surface area contributed by atoms with Gasteiger partial charge in [-0.2, -0.15) is 0 Å². The van der Waals surface area contributed by atoms with Gasteiger partial charge in [-0.25, -0.2) is 9.78 Å². The van der Waals surface area contributed by atoms with Crippen LogP contribution in [0.1, 0.15) is 10.4 Å². The molecule has 0 atom stereocenters. The minimum absolute atomic E-state index is 0. The number of halogens is 1. The summed E-state index contributed by atoms with van der Waals surface area (Å²) in [5.41, 5.74) is 0.0516. The Balaban J connectivity index is 0.00000208. The Kier molecular flexibility index (Phi) is 4.86. The molecule has 0 aliphatic heterocycles. The number of ketones is 1. The molecule has 8 nitrogen and oxygen atoms in total. The summed E-state index contributed by atoms with van der Waals surface area (Å²) < 4.78 is 4.09. The van der Waals surface area contributed by atoms with E-state index in [0.29, 0.717) is 10.3 Å². The average Bonchev–Trinajstić information content (AvgIpc) is 2.88. The van der Waals surface area contributed by atoms with Crippen molar-refractivity contribution in [3.8, 4) is 0 Å². The predicted octanol–water partition coefficient (Wildman–Crippen LogP) is 0.254. The highest BCUT2D eigenvalue weighted by Crippen LogP contribution is 2.17. The van der Waals surface area contributed by atoms with Gasteiger partial charge in [-0.05, 0) is 15.9 Å². The lowest BCUT2D eigenvalue weighted by Crippen LogP contribution is -2.37. The van der Waals surface area contributed by atoms with Crippen molar-refractivity contribution in [3.05, 3.63) is 61.5 Å². The zero-order chi connectivity index (χ0) is 16.7. The van der Waals surface area contributed by atoms with Crippen LogP contribution < -0.4 is 11.2 Å². The second-order valence-electron chi connectivity index (χ2n) is 5.13. The van der Waals surface area contributed by atoms with Crippen molar-refractivity contribution in [1.29, 1.82) is 0 Å². The van der Waals surface area contributed by atoms with E-state index < -0.39 is 11.2 Å². The lowest BCUT2D eigenvalue weighted by atomic mass is 10.1. The molecule has 0 bridgehead atoms. The van der Waals surface area contributed by atoms with Crippen molar-refractivity contribution in [1.82, 2.24) is 18.7 Å². The van der Waals surface area contributed by atoms with Gasteiger partial charge >= 0.3 is 5.69 Å². The van der Waals surface area contributed by atoms with Gasteiger partial charge in [0.1, 0.15) is 0 Å². The topological polar surface area (TPSA) is 110 Å². The first-order valence-corrected chi connectivity index (χ1v) is 7.61. The highest BCUT2D eigenvalue weighted by molar-refractivity contribution is 9.10. The third-order valence-electron chi connectivity index (χ3n) is 3.70. The van der Waals surface area contributed by atoms with E-state index in [9.17, 15) is 14.4 Å². The molecule has 0 aliphatic carbocycles. The number of imidazole rings is 1.